The van der Waals surface area contributed by atoms with E-state index in [1.807, 2.05) is 13.0 Å². The van der Waals surface area contributed by atoms with Crippen LogP contribution in [0.3, 0.4) is 0 Å². The van der Waals surface area contributed by atoms with Crippen molar-refractivity contribution in [3.8, 4) is 5.75 Å². The Balaban J connectivity index is 1.70. The van der Waals surface area contributed by atoms with E-state index in [1.54, 1.807) is 0 Å². The van der Waals surface area contributed by atoms with Crippen LogP contribution in [0.5, 0.6) is 5.75 Å². The minimum absolute atomic E-state index is 0.0820. The standard InChI is InChI=1S/C15H21NO/c1-10(16)12-3-2-4-14(9-12)17-15-8-11-5-6-13(15)7-11/h2-4,9-11,13,15H,5-8,16H2,1H3. The molecule has 4 unspecified atom stereocenters. The highest BCUT2D eigenvalue weighted by Crippen LogP contribution is 2.46. The first kappa shape index (κ1) is 11.1. The number of benzene rings is 1. The first-order valence-electron chi connectivity index (χ1n) is 6.74. The molecule has 2 N–H and O–H groups in total. The monoisotopic (exact) mass is 231 g/mol. The van der Waals surface area contributed by atoms with Gasteiger partial charge in [-0.2, -0.15) is 0 Å². The van der Waals surface area contributed by atoms with Crippen LogP contribution in [0.2, 0.25) is 0 Å². The largest absolute Gasteiger partial charge is 0.490 e. The lowest BCUT2D eigenvalue weighted by atomic mass is 9.97. The first-order chi connectivity index (χ1) is 8.22. The Kier molecular flexibility index (Phi) is 2.83. The van der Waals surface area contributed by atoms with Gasteiger partial charge in [0, 0.05) is 6.04 Å². The fourth-order valence-corrected chi connectivity index (χ4v) is 3.38. The molecule has 0 amide bonds. The van der Waals surface area contributed by atoms with Gasteiger partial charge in [0.15, 0.2) is 0 Å². The quantitative estimate of drug-likeness (QED) is 0.866. The van der Waals surface area contributed by atoms with Crippen LogP contribution >= 0.6 is 0 Å². The predicted molar refractivity (Wildman–Crippen MR) is 68.9 cm³/mol. The SMILES string of the molecule is CC(N)c1cccc(OC2CC3CCC2C3)c1. The van der Waals surface area contributed by atoms with Crippen molar-refractivity contribution in [1.29, 1.82) is 0 Å². The van der Waals surface area contributed by atoms with Crippen LogP contribution in [-0.2, 0) is 0 Å². The van der Waals surface area contributed by atoms with Gasteiger partial charge in [-0.1, -0.05) is 12.1 Å². The van der Waals surface area contributed by atoms with Gasteiger partial charge in [-0.3, -0.25) is 0 Å². The summed E-state index contributed by atoms with van der Waals surface area (Å²) in [6, 6.07) is 8.34. The fourth-order valence-electron chi connectivity index (χ4n) is 3.38. The van der Waals surface area contributed by atoms with Crippen molar-refractivity contribution in [2.45, 2.75) is 44.8 Å². The number of hydrogen-bond acceptors (Lipinski definition) is 2. The molecule has 2 aliphatic carbocycles. The van der Waals surface area contributed by atoms with Crippen molar-refractivity contribution in [2.75, 3.05) is 0 Å². The summed E-state index contributed by atoms with van der Waals surface area (Å²) in [6.45, 7) is 2.01. The summed E-state index contributed by atoms with van der Waals surface area (Å²) in [4.78, 5) is 0. The Bertz CT molecular complexity index is 402. The van der Waals surface area contributed by atoms with Gasteiger partial charge in [-0.05, 0) is 62.1 Å². The Labute approximate surface area is 103 Å². The molecule has 0 saturated heterocycles. The van der Waals surface area contributed by atoms with E-state index in [0.29, 0.717) is 6.10 Å². The molecule has 2 saturated carbocycles. The Morgan fingerprint density at radius 1 is 1.29 bits per heavy atom. The van der Waals surface area contributed by atoms with Crippen molar-refractivity contribution in [3.05, 3.63) is 29.8 Å². The maximum Gasteiger partial charge on any atom is 0.120 e. The van der Waals surface area contributed by atoms with Crippen LogP contribution in [0.1, 0.15) is 44.2 Å². The highest BCUT2D eigenvalue weighted by molar-refractivity contribution is 5.30. The smallest absolute Gasteiger partial charge is 0.120 e. The molecule has 2 aliphatic rings. The van der Waals surface area contributed by atoms with Gasteiger partial charge in [0.05, 0.1) is 0 Å². The summed E-state index contributed by atoms with van der Waals surface area (Å²) in [5.41, 5.74) is 7.05. The third-order valence-electron chi connectivity index (χ3n) is 4.34. The molecule has 1 aromatic rings. The molecule has 1 aromatic carbocycles. The highest BCUT2D eigenvalue weighted by Gasteiger charge is 2.40. The number of rotatable bonds is 3. The second kappa shape index (κ2) is 4.34. The summed E-state index contributed by atoms with van der Waals surface area (Å²) in [5, 5.41) is 0. The van der Waals surface area contributed by atoms with E-state index < -0.39 is 0 Å². The summed E-state index contributed by atoms with van der Waals surface area (Å²) >= 11 is 0. The van der Waals surface area contributed by atoms with Crippen LogP contribution in [-0.4, -0.2) is 6.10 Å². The lowest BCUT2D eigenvalue weighted by Crippen LogP contribution is -2.23. The molecule has 4 atom stereocenters. The minimum Gasteiger partial charge on any atom is -0.490 e. The molecule has 0 spiro atoms. The molecular weight excluding hydrogens is 210 g/mol. The van der Waals surface area contributed by atoms with Crippen LogP contribution in [0.25, 0.3) is 0 Å². The minimum atomic E-state index is 0.0820. The van der Waals surface area contributed by atoms with Gasteiger partial charge in [0.2, 0.25) is 0 Å². The second-order valence-electron chi connectivity index (χ2n) is 5.69. The third kappa shape index (κ3) is 2.19. The van der Waals surface area contributed by atoms with Gasteiger partial charge in [-0.25, -0.2) is 0 Å². The number of nitrogens with two attached hydrogens (primary N) is 1. The highest BCUT2D eigenvalue weighted by atomic mass is 16.5. The molecule has 0 aliphatic heterocycles. The summed E-state index contributed by atoms with van der Waals surface area (Å²) in [5.74, 6) is 2.73. The van der Waals surface area contributed by atoms with Crippen molar-refractivity contribution >= 4 is 0 Å². The van der Waals surface area contributed by atoms with E-state index in [0.717, 1.165) is 23.1 Å². The van der Waals surface area contributed by atoms with Crippen molar-refractivity contribution in [2.24, 2.45) is 17.6 Å². The topological polar surface area (TPSA) is 35.2 Å². The predicted octanol–water partition coefficient (Wildman–Crippen LogP) is 3.27. The van der Waals surface area contributed by atoms with Crippen LogP contribution in [0, 0.1) is 11.8 Å². The van der Waals surface area contributed by atoms with E-state index in [9.17, 15) is 0 Å². The molecule has 0 aromatic heterocycles. The first-order valence-corrected chi connectivity index (χ1v) is 6.74. The maximum absolute atomic E-state index is 6.14. The average molecular weight is 231 g/mol. The van der Waals surface area contributed by atoms with Crippen molar-refractivity contribution < 1.29 is 4.74 Å². The Morgan fingerprint density at radius 3 is 2.82 bits per heavy atom. The lowest BCUT2D eigenvalue weighted by molar-refractivity contribution is 0.138. The van der Waals surface area contributed by atoms with Crippen molar-refractivity contribution in [3.63, 3.8) is 0 Å². The molecule has 0 heterocycles. The Morgan fingerprint density at radius 2 is 2.18 bits per heavy atom. The lowest BCUT2D eigenvalue weighted by Gasteiger charge is -2.23. The molecule has 2 heteroatoms. The third-order valence-corrected chi connectivity index (χ3v) is 4.34. The number of hydrogen-bond donors (Lipinski definition) is 1. The molecule has 2 nitrogen and oxygen atoms in total. The van der Waals surface area contributed by atoms with Crippen LogP contribution < -0.4 is 10.5 Å². The molecule has 92 valence electrons. The number of fused-ring (bicyclic) bond motifs is 2. The zero-order chi connectivity index (χ0) is 11.8. The van der Waals surface area contributed by atoms with Crippen LogP contribution in [0.15, 0.2) is 24.3 Å². The molecule has 2 fully saturated rings. The maximum atomic E-state index is 6.14. The number of ether oxygens (including phenoxy) is 1. The normalized spacial score (nSPS) is 32.7. The molecular formula is C15H21NO. The average Bonchev–Trinajstić information content (AvgIpc) is 2.91. The van der Waals surface area contributed by atoms with Gasteiger partial charge in [-0.15, -0.1) is 0 Å². The molecule has 3 rings (SSSR count). The van der Waals surface area contributed by atoms with E-state index >= 15 is 0 Å². The van der Waals surface area contributed by atoms with E-state index in [1.165, 1.54) is 25.7 Å². The van der Waals surface area contributed by atoms with Gasteiger partial charge < -0.3 is 10.5 Å². The zero-order valence-corrected chi connectivity index (χ0v) is 10.4. The van der Waals surface area contributed by atoms with E-state index in [4.69, 9.17) is 10.5 Å². The van der Waals surface area contributed by atoms with Crippen molar-refractivity contribution in [1.82, 2.24) is 0 Å². The van der Waals surface area contributed by atoms with E-state index in [-0.39, 0.29) is 6.04 Å². The molecule has 17 heavy (non-hydrogen) atoms. The molecule has 0 radical (unpaired) electrons. The van der Waals surface area contributed by atoms with E-state index in [2.05, 4.69) is 18.2 Å². The summed E-state index contributed by atoms with van der Waals surface area (Å²) in [6.07, 6.45) is 5.88. The summed E-state index contributed by atoms with van der Waals surface area (Å²) < 4.78 is 6.14. The van der Waals surface area contributed by atoms with Crippen LogP contribution in [0.4, 0.5) is 0 Å². The summed E-state index contributed by atoms with van der Waals surface area (Å²) in [7, 11) is 0. The van der Waals surface area contributed by atoms with Gasteiger partial charge >= 0.3 is 0 Å². The zero-order valence-electron chi connectivity index (χ0n) is 10.4. The Hall–Kier alpha value is -1.02. The van der Waals surface area contributed by atoms with Gasteiger partial charge in [0.25, 0.3) is 0 Å². The fraction of sp³-hybridized carbons (Fsp3) is 0.600. The second-order valence-corrected chi connectivity index (χ2v) is 5.69. The molecule has 2 bridgehead atoms. The van der Waals surface area contributed by atoms with Gasteiger partial charge in [0.1, 0.15) is 11.9 Å².